The molecule has 0 fully saturated rings. The minimum Gasteiger partial charge on any atom is -0.481 e. The summed E-state index contributed by atoms with van der Waals surface area (Å²) in [6, 6.07) is 0. The lowest BCUT2D eigenvalue weighted by atomic mass is 9.91. The third-order valence-corrected chi connectivity index (χ3v) is 4.25. The topological polar surface area (TPSA) is 392 Å². The maximum Gasteiger partial charge on any atom is 0.327 e. The Morgan fingerprint density at radius 3 is 0.620 bits per heavy atom. The molecule has 0 heterocycles. The molecule has 0 unspecified atom stereocenters. The van der Waals surface area contributed by atoms with Crippen LogP contribution in [-0.4, -0.2) is 161 Å². The highest BCUT2D eigenvalue weighted by Crippen LogP contribution is 2.19. The average molecular weight is 733 g/mol. The van der Waals surface area contributed by atoms with Gasteiger partial charge in [-0.05, 0) is 0 Å². The lowest BCUT2D eigenvalue weighted by Crippen LogP contribution is -2.43. The van der Waals surface area contributed by atoms with Gasteiger partial charge in [-0.2, -0.15) is 0 Å². The summed E-state index contributed by atoms with van der Waals surface area (Å²) in [5, 5.41) is 108. The minimum absolute atomic E-state index is 0.141. The van der Waals surface area contributed by atoms with Gasteiger partial charge in [0.25, 0.3) is 0 Å². The molecule has 0 aromatic rings. The van der Waals surface area contributed by atoms with Crippen molar-refractivity contribution >= 4 is 41.8 Å². The van der Waals surface area contributed by atoms with E-state index in [0.717, 1.165) is 30.4 Å². The number of hydrogen-bond acceptors (Lipinski definition) is 14. The van der Waals surface area contributed by atoms with Gasteiger partial charge in [0.05, 0.1) is 76.5 Å². The van der Waals surface area contributed by atoms with Crippen molar-refractivity contribution in [1.29, 1.82) is 0 Å². The molecule has 0 aromatic carbocycles. The molecule has 0 radical (unpaired) electrons. The van der Waals surface area contributed by atoms with Crippen molar-refractivity contribution in [1.82, 2.24) is 0 Å². The van der Waals surface area contributed by atoms with E-state index in [1.807, 2.05) is 0 Å². The van der Waals surface area contributed by atoms with Crippen molar-refractivity contribution in [3.63, 3.8) is 0 Å². The van der Waals surface area contributed by atoms with Gasteiger partial charge < -0.3 is 71.1 Å². The summed E-state index contributed by atoms with van der Waals surface area (Å²) in [4.78, 5) is 65.5. The summed E-state index contributed by atoms with van der Waals surface area (Å²) >= 11 is 0. The fourth-order valence-electron chi connectivity index (χ4n) is 1.27. The molecule has 0 aliphatic rings. The molecule has 0 spiro atoms. The zero-order valence-electron chi connectivity index (χ0n) is 27.1. The SMILES string of the molecule is C=CC(=O)O.C=CC(=O)O.C=CC(=O)O.C=CC(=O)O.C=CC(=O)O.O=C(O)CCC(=O)O.OCC(CO)(CO)COCC(CO)(CO)CO. The third-order valence-electron chi connectivity index (χ3n) is 4.25. The predicted octanol–water partition coefficient (Wildman–Crippen LogP) is -1.85. The van der Waals surface area contributed by atoms with Crippen molar-refractivity contribution in [3.8, 4) is 0 Å². The lowest BCUT2D eigenvalue weighted by molar-refractivity contribution is -0.143. The van der Waals surface area contributed by atoms with Crippen LogP contribution in [0.25, 0.3) is 0 Å². The molecule has 0 amide bonds. The van der Waals surface area contributed by atoms with Gasteiger partial charge in [-0.3, -0.25) is 9.59 Å². The van der Waals surface area contributed by atoms with Crippen LogP contribution in [0.4, 0.5) is 0 Å². The van der Waals surface area contributed by atoms with E-state index in [1.165, 1.54) is 0 Å². The fourth-order valence-corrected chi connectivity index (χ4v) is 1.27. The van der Waals surface area contributed by atoms with Crippen molar-refractivity contribution in [2.75, 3.05) is 52.9 Å². The molecule has 0 bridgehead atoms. The smallest absolute Gasteiger partial charge is 0.327 e. The zero-order valence-corrected chi connectivity index (χ0v) is 27.1. The van der Waals surface area contributed by atoms with Crippen LogP contribution in [-0.2, 0) is 38.3 Å². The third kappa shape index (κ3) is 58.3. The molecule has 0 aliphatic carbocycles. The van der Waals surface area contributed by atoms with Crippen LogP contribution < -0.4 is 0 Å². The molecule has 0 atom stereocenters. The van der Waals surface area contributed by atoms with Gasteiger partial charge >= 0.3 is 41.8 Å². The second-order valence-electron chi connectivity index (χ2n) is 8.44. The van der Waals surface area contributed by atoms with Gasteiger partial charge in [-0.1, -0.05) is 32.9 Å². The first kappa shape index (κ1) is 60.1. The first-order valence-electron chi connectivity index (χ1n) is 13.0. The number of carbonyl (C=O) groups is 7. The number of aliphatic hydroxyl groups excluding tert-OH is 6. The summed E-state index contributed by atoms with van der Waals surface area (Å²) in [5.41, 5.74) is -2.32. The van der Waals surface area contributed by atoms with Crippen molar-refractivity contribution < 1.29 is 105 Å². The minimum atomic E-state index is -1.16. The maximum atomic E-state index is 9.64. The number of rotatable bonds is 18. The van der Waals surface area contributed by atoms with Gasteiger partial charge in [0.1, 0.15) is 0 Å². The van der Waals surface area contributed by atoms with Gasteiger partial charge in [0.15, 0.2) is 0 Å². The molecule has 50 heavy (non-hydrogen) atoms. The molecule has 13 N–H and O–H groups in total. The molecule has 0 aliphatic heterocycles. The van der Waals surface area contributed by atoms with E-state index in [9.17, 15) is 33.6 Å². The van der Waals surface area contributed by atoms with Gasteiger partial charge in [-0.25, -0.2) is 24.0 Å². The first-order valence-corrected chi connectivity index (χ1v) is 13.0. The Balaban J connectivity index is -0.0000000943. The molecule has 0 rings (SSSR count). The fraction of sp³-hybridized carbons (Fsp3) is 0.414. The van der Waals surface area contributed by atoms with E-state index in [-0.39, 0.29) is 26.1 Å². The standard InChI is InChI=1S/C10H22O7.C4H6O4.5C3H4O2/c11-1-9(2-12,3-13)7-17-8-10(4-14,5-15)6-16;5-3(6)1-2-4(7)8;5*1-2-3(4)5/h11-16H,1-8H2;1-2H2,(H,5,6)(H,7,8);5*2H,1H2,(H,4,5). The van der Waals surface area contributed by atoms with E-state index >= 15 is 0 Å². The second kappa shape index (κ2) is 41.7. The van der Waals surface area contributed by atoms with Crippen LogP contribution in [0, 0.1) is 10.8 Å². The normalized spacial score (nSPS) is 9.00. The van der Waals surface area contributed by atoms with Crippen LogP contribution >= 0.6 is 0 Å². The molecular formula is C29H48O21. The number of ether oxygens (including phenoxy) is 1. The molecule has 0 saturated carbocycles. The van der Waals surface area contributed by atoms with Crippen LogP contribution in [0.3, 0.4) is 0 Å². The largest absolute Gasteiger partial charge is 0.481 e. The van der Waals surface area contributed by atoms with Crippen LogP contribution in [0.15, 0.2) is 63.3 Å². The Morgan fingerprint density at radius 2 is 0.540 bits per heavy atom. The highest BCUT2D eigenvalue weighted by atomic mass is 16.5. The maximum absolute atomic E-state index is 9.64. The highest BCUT2D eigenvalue weighted by molar-refractivity contribution is 5.80. The van der Waals surface area contributed by atoms with Gasteiger partial charge in [0.2, 0.25) is 0 Å². The highest BCUT2D eigenvalue weighted by Gasteiger charge is 2.32. The Kier molecular flexibility index (Phi) is 50.1. The van der Waals surface area contributed by atoms with Crippen molar-refractivity contribution in [3.05, 3.63) is 63.3 Å². The Bertz CT molecular complexity index is 856. The summed E-state index contributed by atoms with van der Waals surface area (Å²) in [5.74, 6) is -7.06. The summed E-state index contributed by atoms with van der Waals surface area (Å²) in [6.07, 6.45) is 3.57. The summed E-state index contributed by atoms with van der Waals surface area (Å²) in [7, 11) is 0. The van der Waals surface area contributed by atoms with Crippen molar-refractivity contribution in [2.24, 2.45) is 10.8 Å². The monoisotopic (exact) mass is 732 g/mol. The number of carboxylic acids is 7. The first-order chi connectivity index (χ1) is 23.0. The van der Waals surface area contributed by atoms with Crippen LogP contribution in [0.2, 0.25) is 0 Å². The Labute approximate surface area is 286 Å². The number of aliphatic hydroxyl groups is 6. The van der Waals surface area contributed by atoms with Crippen molar-refractivity contribution in [2.45, 2.75) is 12.8 Å². The molecule has 290 valence electrons. The van der Waals surface area contributed by atoms with E-state index in [1.54, 1.807) is 0 Å². The van der Waals surface area contributed by atoms with Gasteiger partial charge in [-0.15, -0.1) is 0 Å². The molecule has 0 aromatic heterocycles. The number of carboxylic acid groups (broad SMARTS) is 7. The summed E-state index contributed by atoms with van der Waals surface area (Å²) < 4.78 is 5.15. The van der Waals surface area contributed by atoms with E-state index in [2.05, 4.69) is 32.9 Å². The molecule has 21 heteroatoms. The Morgan fingerprint density at radius 1 is 0.400 bits per heavy atom. The van der Waals surface area contributed by atoms with E-state index in [4.69, 9.17) is 71.1 Å². The second-order valence-corrected chi connectivity index (χ2v) is 8.44. The van der Waals surface area contributed by atoms with E-state index in [0.29, 0.717) is 0 Å². The number of aliphatic carboxylic acids is 7. The van der Waals surface area contributed by atoms with E-state index < -0.39 is 92.3 Å². The summed E-state index contributed by atoms with van der Waals surface area (Å²) in [6.45, 7) is 11.8. The molecular weight excluding hydrogens is 684 g/mol. The predicted molar refractivity (Wildman–Crippen MR) is 172 cm³/mol. The molecule has 0 saturated heterocycles. The quantitative estimate of drug-likeness (QED) is 0.0688. The zero-order chi connectivity index (χ0) is 41.4. The average Bonchev–Trinajstić information content (AvgIpc) is 3.09. The van der Waals surface area contributed by atoms with Gasteiger partial charge in [0, 0.05) is 30.4 Å². The van der Waals surface area contributed by atoms with Crippen LogP contribution in [0.1, 0.15) is 12.8 Å². The Hall–Kier alpha value is -5.29. The molecule has 21 nitrogen and oxygen atoms in total. The lowest BCUT2D eigenvalue weighted by Gasteiger charge is -2.31. The van der Waals surface area contributed by atoms with Crippen LogP contribution in [0.5, 0.6) is 0 Å². The number of hydrogen-bond donors (Lipinski definition) is 13.